The van der Waals surface area contributed by atoms with E-state index >= 15 is 0 Å². The second kappa shape index (κ2) is 3.99. The molecule has 3 rings (SSSR count). The van der Waals surface area contributed by atoms with E-state index < -0.39 is 0 Å². The van der Waals surface area contributed by atoms with Gasteiger partial charge < -0.3 is 10.5 Å². The standard InChI is InChI=1S/C14H18BrNO/c1-9-3-2-6-14(9)8-12(16)11-5-4-10(15)7-13(11)17-14/h4-5,7,9,12H,2-3,6,8,16H2,1H3. The molecule has 2 N–H and O–H groups in total. The summed E-state index contributed by atoms with van der Waals surface area (Å²) in [6.07, 6.45) is 4.63. The summed E-state index contributed by atoms with van der Waals surface area (Å²) >= 11 is 3.50. The van der Waals surface area contributed by atoms with Gasteiger partial charge in [-0.2, -0.15) is 0 Å². The molecule has 1 saturated carbocycles. The van der Waals surface area contributed by atoms with Crippen LogP contribution >= 0.6 is 15.9 Å². The number of fused-ring (bicyclic) bond motifs is 1. The lowest BCUT2D eigenvalue weighted by Crippen LogP contribution is -2.44. The molecule has 1 aliphatic carbocycles. The first kappa shape index (κ1) is 11.5. The molecule has 2 aliphatic rings. The van der Waals surface area contributed by atoms with E-state index in [-0.39, 0.29) is 11.6 Å². The Kier molecular flexibility index (Phi) is 2.71. The Balaban J connectivity index is 2.02. The van der Waals surface area contributed by atoms with Crippen LogP contribution in [0.2, 0.25) is 0 Å². The fraction of sp³-hybridized carbons (Fsp3) is 0.571. The van der Waals surface area contributed by atoms with Crippen molar-refractivity contribution < 1.29 is 4.74 Å². The van der Waals surface area contributed by atoms with Crippen molar-refractivity contribution in [3.05, 3.63) is 28.2 Å². The van der Waals surface area contributed by atoms with Crippen molar-refractivity contribution in [3.63, 3.8) is 0 Å². The Bertz CT molecular complexity index is 448. The van der Waals surface area contributed by atoms with E-state index in [1.165, 1.54) is 12.8 Å². The van der Waals surface area contributed by atoms with Crippen LogP contribution in [0.4, 0.5) is 0 Å². The number of ether oxygens (including phenoxy) is 1. The van der Waals surface area contributed by atoms with Gasteiger partial charge in [-0.3, -0.25) is 0 Å². The number of hydrogen-bond acceptors (Lipinski definition) is 2. The zero-order valence-electron chi connectivity index (χ0n) is 10.1. The Morgan fingerprint density at radius 1 is 1.47 bits per heavy atom. The highest BCUT2D eigenvalue weighted by molar-refractivity contribution is 9.10. The van der Waals surface area contributed by atoms with E-state index in [0.29, 0.717) is 5.92 Å². The maximum absolute atomic E-state index is 6.33. The van der Waals surface area contributed by atoms with E-state index in [1.54, 1.807) is 0 Å². The van der Waals surface area contributed by atoms with Gasteiger partial charge >= 0.3 is 0 Å². The van der Waals surface area contributed by atoms with E-state index in [2.05, 4.69) is 35.0 Å². The largest absolute Gasteiger partial charge is 0.487 e. The molecule has 1 aromatic rings. The van der Waals surface area contributed by atoms with Crippen molar-refractivity contribution in [1.29, 1.82) is 0 Å². The molecule has 0 bridgehead atoms. The van der Waals surface area contributed by atoms with Crippen molar-refractivity contribution in [2.24, 2.45) is 11.7 Å². The number of nitrogens with two attached hydrogens (primary N) is 1. The Hall–Kier alpha value is -0.540. The highest BCUT2D eigenvalue weighted by atomic mass is 79.9. The van der Waals surface area contributed by atoms with Crippen molar-refractivity contribution in [2.75, 3.05) is 0 Å². The number of hydrogen-bond donors (Lipinski definition) is 1. The molecule has 0 aromatic heterocycles. The van der Waals surface area contributed by atoms with Gasteiger partial charge in [0.2, 0.25) is 0 Å². The lowest BCUT2D eigenvalue weighted by atomic mass is 9.81. The minimum Gasteiger partial charge on any atom is -0.487 e. The molecule has 0 radical (unpaired) electrons. The lowest BCUT2D eigenvalue weighted by molar-refractivity contribution is 0.00661. The molecular weight excluding hydrogens is 278 g/mol. The third kappa shape index (κ3) is 1.80. The summed E-state index contributed by atoms with van der Waals surface area (Å²) in [5.74, 6) is 1.59. The summed E-state index contributed by atoms with van der Waals surface area (Å²) in [5.41, 5.74) is 7.46. The zero-order chi connectivity index (χ0) is 12.0. The van der Waals surface area contributed by atoms with Gasteiger partial charge in [0.25, 0.3) is 0 Å². The zero-order valence-corrected chi connectivity index (χ0v) is 11.7. The summed E-state index contributed by atoms with van der Waals surface area (Å²) < 4.78 is 7.40. The predicted octanol–water partition coefficient (Wildman–Crippen LogP) is 3.79. The van der Waals surface area contributed by atoms with Crippen molar-refractivity contribution >= 4 is 15.9 Å². The second-order valence-electron chi connectivity index (χ2n) is 5.45. The normalized spacial score (nSPS) is 35.7. The average Bonchev–Trinajstić information content (AvgIpc) is 2.59. The molecule has 1 fully saturated rings. The van der Waals surface area contributed by atoms with Gasteiger partial charge in [-0.15, -0.1) is 0 Å². The van der Waals surface area contributed by atoms with Crippen LogP contribution in [0.1, 0.15) is 44.2 Å². The van der Waals surface area contributed by atoms with Crippen LogP contribution in [0, 0.1) is 5.92 Å². The molecule has 1 aliphatic heterocycles. The van der Waals surface area contributed by atoms with Gasteiger partial charge in [-0.1, -0.05) is 28.9 Å². The fourth-order valence-electron chi connectivity index (χ4n) is 3.32. The molecule has 0 saturated heterocycles. The molecule has 2 nitrogen and oxygen atoms in total. The maximum Gasteiger partial charge on any atom is 0.126 e. The first-order valence-electron chi connectivity index (χ1n) is 6.35. The van der Waals surface area contributed by atoms with Crippen LogP contribution < -0.4 is 10.5 Å². The van der Waals surface area contributed by atoms with Crippen molar-refractivity contribution in [2.45, 2.75) is 44.2 Å². The quantitative estimate of drug-likeness (QED) is 0.790. The number of halogens is 1. The first-order chi connectivity index (χ1) is 8.11. The summed E-state index contributed by atoms with van der Waals surface area (Å²) in [5, 5.41) is 0. The van der Waals surface area contributed by atoms with E-state index in [1.807, 2.05) is 6.07 Å². The van der Waals surface area contributed by atoms with Gasteiger partial charge in [0, 0.05) is 22.5 Å². The predicted molar refractivity (Wildman–Crippen MR) is 72.1 cm³/mol. The molecule has 92 valence electrons. The Morgan fingerprint density at radius 3 is 3.00 bits per heavy atom. The SMILES string of the molecule is CC1CCCC12CC(N)c1ccc(Br)cc1O2. The van der Waals surface area contributed by atoms with Gasteiger partial charge in [-0.25, -0.2) is 0 Å². The molecule has 1 aromatic carbocycles. The molecule has 3 atom stereocenters. The van der Waals surface area contributed by atoms with Crippen LogP contribution in [-0.4, -0.2) is 5.60 Å². The Morgan fingerprint density at radius 2 is 2.29 bits per heavy atom. The van der Waals surface area contributed by atoms with Crippen LogP contribution in [0.25, 0.3) is 0 Å². The maximum atomic E-state index is 6.33. The van der Waals surface area contributed by atoms with Crippen LogP contribution in [0.15, 0.2) is 22.7 Å². The fourth-order valence-corrected chi connectivity index (χ4v) is 3.66. The second-order valence-corrected chi connectivity index (χ2v) is 6.37. The summed E-state index contributed by atoms with van der Waals surface area (Å²) in [7, 11) is 0. The smallest absolute Gasteiger partial charge is 0.126 e. The van der Waals surface area contributed by atoms with Crippen molar-refractivity contribution in [1.82, 2.24) is 0 Å². The molecule has 3 unspecified atom stereocenters. The van der Waals surface area contributed by atoms with Gasteiger partial charge in [0.15, 0.2) is 0 Å². The topological polar surface area (TPSA) is 35.2 Å². The van der Waals surface area contributed by atoms with Gasteiger partial charge in [0.05, 0.1) is 0 Å². The highest BCUT2D eigenvalue weighted by Gasteiger charge is 2.46. The molecule has 1 spiro atoms. The highest BCUT2D eigenvalue weighted by Crippen LogP contribution is 2.49. The minimum atomic E-state index is -0.00674. The summed E-state index contributed by atoms with van der Waals surface area (Å²) in [6.45, 7) is 2.29. The summed E-state index contributed by atoms with van der Waals surface area (Å²) in [6, 6.07) is 6.29. The van der Waals surface area contributed by atoms with E-state index in [4.69, 9.17) is 10.5 Å². The molecule has 3 heteroatoms. The van der Waals surface area contributed by atoms with E-state index in [0.717, 1.165) is 28.6 Å². The van der Waals surface area contributed by atoms with Gasteiger partial charge in [0.1, 0.15) is 11.4 Å². The monoisotopic (exact) mass is 295 g/mol. The number of benzene rings is 1. The Labute approximate surface area is 111 Å². The average molecular weight is 296 g/mol. The van der Waals surface area contributed by atoms with Crippen LogP contribution in [-0.2, 0) is 0 Å². The molecular formula is C14H18BrNO. The number of rotatable bonds is 0. The van der Waals surface area contributed by atoms with Gasteiger partial charge in [-0.05, 0) is 37.3 Å². The van der Waals surface area contributed by atoms with Crippen LogP contribution in [0.3, 0.4) is 0 Å². The summed E-state index contributed by atoms with van der Waals surface area (Å²) in [4.78, 5) is 0. The van der Waals surface area contributed by atoms with E-state index in [9.17, 15) is 0 Å². The van der Waals surface area contributed by atoms with Crippen molar-refractivity contribution in [3.8, 4) is 5.75 Å². The third-order valence-corrected chi connectivity index (χ3v) is 4.88. The minimum absolute atomic E-state index is 0.00674. The molecule has 17 heavy (non-hydrogen) atoms. The third-order valence-electron chi connectivity index (χ3n) is 4.39. The molecule has 1 heterocycles. The first-order valence-corrected chi connectivity index (χ1v) is 7.14. The van der Waals surface area contributed by atoms with Crippen LogP contribution in [0.5, 0.6) is 5.75 Å². The lowest BCUT2D eigenvalue weighted by Gasteiger charge is -2.41. The molecule has 0 amide bonds.